The fourth-order valence-corrected chi connectivity index (χ4v) is 3.12. The van der Waals surface area contributed by atoms with Gasteiger partial charge in [-0.15, -0.1) is 11.3 Å². The number of hydrogen-bond acceptors (Lipinski definition) is 5. The molecule has 0 aliphatic rings. The number of esters is 1. The minimum Gasteiger partial charge on any atom is -0.465 e. The molecule has 1 aromatic heterocycles. The molecule has 2 aromatic carbocycles. The number of methoxy groups -OCH3 is 1. The number of aliphatic imine (C=N–C) groups is 1. The highest BCUT2D eigenvalue weighted by Crippen LogP contribution is 2.37. The van der Waals surface area contributed by atoms with Gasteiger partial charge in [0.2, 0.25) is 5.01 Å². The molecule has 3 aromatic rings. The van der Waals surface area contributed by atoms with Gasteiger partial charge in [0.15, 0.2) is 10.7 Å². The fraction of sp³-hybridized carbons (Fsp3) is 0.105. The maximum atomic E-state index is 13.1. The quantitative estimate of drug-likeness (QED) is 0.459. The van der Waals surface area contributed by atoms with Gasteiger partial charge in [-0.3, -0.25) is 0 Å². The molecule has 0 N–H and O–H groups in total. The fourth-order valence-electron chi connectivity index (χ4n) is 2.33. The minimum absolute atomic E-state index is 0.214. The number of rotatable bonds is 4. The Hall–Kier alpha value is -3.00. The summed E-state index contributed by atoms with van der Waals surface area (Å²) in [5.41, 5.74) is 1.77. The number of halogens is 3. The minimum atomic E-state index is -4.68. The molecule has 0 radical (unpaired) electrons. The van der Waals surface area contributed by atoms with Crippen molar-refractivity contribution in [3.8, 4) is 0 Å². The average Bonchev–Trinajstić information content (AvgIpc) is 3.11. The Morgan fingerprint density at radius 1 is 1.00 bits per heavy atom. The van der Waals surface area contributed by atoms with Crippen molar-refractivity contribution < 1.29 is 22.7 Å². The smallest absolute Gasteiger partial charge is 0.443 e. The van der Waals surface area contributed by atoms with Gasteiger partial charge in [0.25, 0.3) is 0 Å². The maximum absolute atomic E-state index is 13.1. The zero-order valence-electron chi connectivity index (χ0n) is 14.0. The van der Waals surface area contributed by atoms with Crippen LogP contribution in [0, 0.1) is 0 Å². The van der Waals surface area contributed by atoms with Crippen LogP contribution in [0.3, 0.4) is 0 Å². The van der Waals surface area contributed by atoms with E-state index in [4.69, 9.17) is 0 Å². The van der Waals surface area contributed by atoms with E-state index in [1.165, 1.54) is 0 Å². The van der Waals surface area contributed by atoms with Crippen LogP contribution < -0.4 is 0 Å². The van der Waals surface area contributed by atoms with E-state index < -0.39 is 17.2 Å². The van der Waals surface area contributed by atoms with E-state index in [1.54, 1.807) is 48.5 Å². The molecule has 0 fully saturated rings. The average molecular weight is 390 g/mol. The monoisotopic (exact) mass is 390 g/mol. The Labute approximate surface area is 157 Å². The molecule has 0 spiro atoms. The summed E-state index contributed by atoms with van der Waals surface area (Å²) in [6.07, 6.45) is -4.68. The molecule has 0 amide bonds. The van der Waals surface area contributed by atoms with Gasteiger partial charge < -0.3 is 4.74 Å². The standard InChI is InChI=1S/C19H13F3N2O2S/c1-26-17(25)15-16(24-18(27-15)19(20,21)22)23-14(12-8-4-2-5-9-12)13-10-6-3-7-11-13/h2-11H,1H3. The lowest BCUT2D eigenvalue weighted by molar-refractivity contribution is -0.137. The second kappa shape index (κ2) is 7.71. The molecule has 3 rings (SSSR count). The molecule has 0 unspecified atom stereocenters. The number of thiazole rings is 1. The van der Waals surface area contributed by atoms with E-state index in [0.29, 0.717) is 16.8 Å². The van der Waals surface area contributed by atoms with Crippen LogP contribution in [-0.4, -0.2) is 23.8 Å². The number of aromatic nitrogens is 1. The molecule has 0 saturated heterocycles. The summed E-state index contributed by atoms with van der Waals surface area (Å²) in [6, 6.07) is 17.9. The number of hydrogen-bond donors (Lipinski definition) is 0. The molecular weight excluding hydrogens is 377 g/mol. The third-order valence-electron chi connectivity index (χ3n) is 3.53. The van der Waals surface area contributed by atoms with Crippen LogP contribution in [0.25, 0.3) is 0 Å². The summed E-state index contributed by atoms with van der Waals surface area (Å²) in [5, 5.41) is -1.15. The highest BCUT2D eigenvalue weighted by atomic mass is 32.1. The number of ether oxygens (including phenoxy) is 1. The lowest BCUT2D eigenvalue weighted by Gasteiger charge is -2.07. The molecule has 8 heteroatoms. The van der Waals surface area contributed by atoms with E-state index in [-0.39, 0.29) is 22.0 Å². The van der Waals surface area contributed by atoms with Gasteiger partial charge in [-0.25, -0.2) is 14.8 Å². The molecule has 27 heavy (non-hydrogen) atoms. The first-order chi connectivity index (χ1) is 12.9. The molecule has 0 aliphatic heterocycles. The molecule has 4 nitrogen and oxygen atoms in total. The Morgan fingerprint density at radius 3 is 1.96 bits per heavy atom. The van der Waals surface area contributed by atoms with Crippen LogP contribution in [-0.2, 0) is 10.9 Å². The zero-order valence-corrected chi connectivity index (χ0v) is 14.8. The summed E-state index contributed by atoms with van der Waals surface area (Å²) < 4.78 is 43.8. The van der Waals surface area contributed by atoms with Gasteiger partial charge in [-0.05, 0) is 0 Å². The summed E-state index contributed by atoms with van der Waals surface area (Å²) in [4.78, 5) is 19.5. The van der Waals surface area contributed by atoms with Gasteiger partial charge in [-0.1, -0.05) is 60.7 Å². The molecular formula is C19H13F3N2O2S. The first kappa shape index (κ1) is 18.8. The number of carbonyl (C=O) groups is 1. The normalized spacial score (nSPS) is 11.1. The van der Waals surface area contributed by atoms with E-state index >= 15 is 0 Å². The second-order valence-corrected chi connectivity index (χ2v) is 6.35. The van der Waals surface area contributed by atoms with Crippen molar-refractivity contribution in [1.82, 2.24) is 4.98 Å². The number of carbonyl (C=O) groups excluding carboxylic acids is 1. The van der Waals surface area contributed by atoms with E-state index in [9.17, 15) is 18.0 Å². The Kier molecular flexibility index (Phi) is 5.36. The molecule has 1 heterocycles. The molecule has 0 saturated carbocycles. The second-order valence-electron chi connectivity index (χ2n) is 5.35. The summed E-state index contributed by atoms with van der Waals surface area (Å²) in [7, 11) is 1.10. The van der Waals surface area contributed by atoms with Crippen molar-refractivity contribution in [2.24, 2.45) is 4.99 Å². The van der Waals surface area contributed by atoms with Crippen molar-refractivity contribution in [3.05, 3.63) is 81.7 Å². The van der Waals surface area contributed by atoms with Crippen LogP contribution in [0.15, 0.2) is 65.7 Å². The van der Waals surface area contributed by atoms with Gasteiger partial charge >= 0.3 is 12.1 Å². The first-order valence-corrected chi connectivity index (χ1v) is 8.57. The number of nitrogens with zero attached hydrogens (tertiary/aromatic N) is 2. The van der Waals surface area contributed by atoms with Crippen molar-refractivity contribution in [2.75, 3.05) is 7.11 Å². The topological polar surface area (TPSA) is 51.5 Å². The van der Waals surface area contributed by atoms with Gasteiger partial charge in [0.1, 0.15) is 0 Å². The SMILES string of the molecule is COC(=O)c1sc(C(F)(F)F)nc1N=C(c1ccccc1)c1ccccc1. The number of benzene rings is 2. The first-order valence-electron chi connectivity index (χ1n) is 7.76. The van der Waals surface area contributed by atoms with Gasteiger partial charge in [0, 0.05) is 11.1 Å². The van der Waals surface area contributed by atoms with Gasteiger partial charge in [-0.2, -0.15) is 13.2 Å². The number of alkyl halides is 3. The highest BCUT2D eigenvalue weighted by Gasteiger charge is 2.37. The van der Waals surface area contributed by atoms with Crippen molar-refractivity contribution in [2.45, 2.75) is 6.18 Å². The Bertz CT molecular complexity index is 926. The van der Waals surface area contributed by atoms with E-state index in [2.05, 4.69) is 14.7 Å². The van der Waals surface area contributed by atoms with Crippen LogP contribution in [0.2, 0.25) is 0 Å². The molecule has 138 valence electrons. The summed E-state index contributed by atoms with van der Waals surface area (Å²) >= 11 is 0.214. The largest absolute Gasteiger partial charge is 0.465 e. The lowest BCUT2D eigenvalue weighted by Crippen LogP contribution is -2.05. The van der Waals surface area contributed by atoms with Crippen LogP contribution >= 0.6 is 11.3 Å². The third kappa shape index (κ3) is 4.22. The van der Waals surface area contributed by atoms with Crippen molar-refractivity contribution in [1.29, 1.82) is 0 Å². The Morgan fingerprint density at radius 2 is 1.52 bits per heavy atom. The predicted octanol–water partition coefficient (Wildman–Crippen LogP) is 5.12. The van der Waals surface area contributed by atoms with Gasteiger partial charge in [0.05, 0.1) is 12.8 Å². The van der Waals surface area contributed by atoms with Crippen LogP contribution in [0.1, 0.15) is 25.8 Å². The molecule has 0 atom stereocenters. The Balaban J connectivity index is 2.21. The maximum Gasteiger partial charge on any atom is 0.443 e. The zero-order chi connectivity index (χ0) is 19.4. The highest BCUT2D eigenvalue weighted by molar-refractivity contribution is 7.14. The van der Waals surface area contributed by atoms with Crippen LogP contribution in [0.4, 0.5) is 19.0 Å². The lowest BCUT2D eigenvalue weighted by atomic mass is 10.0. The summed E-state index contributed by atoms with van der Waals surface area (Å²) in [6.45, 7) is 0. The predicted molar refractivity (Wildman–Crippen MR) is 96.6 cm³/mol. The van der Waals surface area contributed by atoms with E-state index in [0.717, 1.165) is 7.11 Å². The van der Waals surface area contributed by atoms with E-state index in [1.807, 2.05) is 12.1 Å². The third-order valence-corrected chi connectivity index (χ3v) is 4.60. The molecule has 0 bridgehead atoms. The molecule has 0 aliphatic carbocycles. The van der Waals surface area contributed by atoms with Crippen molar-refractivity contribution in [3.63, 3.8) is 0 Å². The summed E-state index contributed by atoms with van der Waals surface area (Å²) in [5.74, 6) is -1.23. The van der Waals surface area contributed by atoms with Crippen molar-refractivity contribution >= 4 is 28.8 Å². The van der Waals surface area contributed by atoms with Crippen LogP contribution in [0.5, 0.6) is 0 Å².